The van der Waals surface area contributed by atoms with E-state index >= 15 is 0 Å². The number of fused-ring (bicyclic) bond motifs is 1. The van der Waals surface area contributed by atoms with Gasteiger partial charge >= 0.3 is 0 Å². The van der Waals surface area contributed by atoms with Gasteiger partial charge < -0.3 is 10.1 Å². The molecule has 0 unspecified atom stereocenters. The number of ether oxygens (including phenoxy) is 1. The van der Waals surface area contributed by atoms with E-state index in [-0.39, 0.29) is 5.82 Å². The molecule has 4 rings (SSSR count). The van der Waals surface area contributed by atoms with Crippen molar-refractivity contribution in [2.24, 2.45) is 0 Å². The van der Waals surface area contributed by atoms with E-state index in [1.165, 1.54) is 12.1 Å². The highest BCUT2D eigenvalue weighted by molar-refractivity contribution is 5.80. The zero-order valence-electron chi connectivity index (χ0n) is 19.8. The van der Waals surface area contributed by atoms with Crippen molar-refractivity contribution in [3.8, 4) is 22.6 Å². The molecule has 7 nitrogen and oxygen atoms in total. The Labute approximate surface area is 199 Å². The van der Waals surface area contributed by atoms with Crippen molar-refractivity contribution in [3.63, 3.8) is 0 Å². The van der Waals surface area contributed by atoms with E-state index in [4.69, 9.17) is 14.7 Å². The average molecular weight is 461 g/mol. The SMILES string of the molecule is C=C(C)CNc1nccc(-c2c(-c3ccc(F)cc3)nc3cc(CN(C)CCOC)ccn23)n1. The van der Waals surface area contributed by atoms with E-state index in [9.17, 15) is 4.39 Å². The summed E-state index contributed by atoms with van der Waals surface area (Å²) in [6, 6.07) is 12.4. The second-order valence-corrected chi connectivity index (χ2v) is 8.39. The van der Waals surface area contributed by atoms with Gasteiger partial charge in [-0.05, 0) is 62.0 Å². The van der Waals surface area contributed by atoms with Crippen LogP contribution < -0.4 is 5.32 Å². The lowest BCUT2D eigenvalue weighted by atomic mass is 10.1. The van der Waals surface area contributed by atoms with Gasteiger partial charge in [0.1, 0.15) is 11.5 Å². The second kappa shape index (κ2) is 10.5. The fourth-order valence-corrected chi connectivity index (χ4v) is 3.68. The van der Waals surface area contributed by atoms with Crippen molar-refractivity contribution in [3.05, 3.63) is 78.4 Å². The molecule has 0 radical (unpaired) electrons. The van der Waals surface area contributed by atoms with Gasteiger partial charge in [-0.15, -0.1) is 0 Å². The number of aromatic nitrogens is 4. The van der Waals surface area contributed by atoms with Crippen molar-refractivity contribution >= 4 is 11.6 Å². The van der Waals surface area contributed by atoms with Crippen LogP contribution in [0.1, 0.15) is 12.5 Å². The average Bonchev–Trinajstić information content (AvgIpc) is 3.21. The number of benzene rings is 1. The van der Waals surface area contributed by atoms with Gasteiger partial charge in [0.15, 0.2) is 0 Å². The molecule has 1 N–H and O–H groups in total. The molecule has 0 amide bonds. The summed E-state index contributed by atoms with van der Waals surface area (Å²) in [5.41, 5.74) is 6.00. The molecular formula is C26H29FN6O. The van der Waals surface area contributed by atoms with E-state index in [1.54, 1.807) is 25.4 Å². The topological polar surface area (TPSA) is 67.6 Å². The molecule has 34 heavy (non-hydrogen) atoms. The first-order chi connectivity index (χ1) is 16.4. The van der Waals surface area contributed by atoms with Gasteiger partial charge in [0.2, 0.25) is 5.95 Å². The summed E-state index contributed by atoms with van der Waals surface area (Å²) in [6.45, 7) is 8.73. The summed E-state index contributed by atoms with van der Waals surface area (Å²) >= 11 is 0. The Hall–Kier alpha value is -3.62. The lowest BCUT2D eigenvalue weighted by Gasteiger charge is -2.16. The summed E-state index contributed by atoms with van der Waals surface area (Å²) in [5.74, 6) is 0.223. The quantitative estimate of drug-likeness (QED) is 0.347. The lowest BCUT2D eigenvalue weighted by Crippen LogP contribution is -2.22. The van der Waals surface area contributed by atoms with Gasteiger partial charge in [0, 0.05) is 44.7 Å². The highest BCUT2D eigenvalue weighted by atomic mass is 19.1. The third-order valence-corrected chi connectivity index (χ3v) is 5.38. The third kappa shape index (κ3) is 5.47. The molecule has 3 heterocycles. The first kappa shape index (κ1) is 23.5. The largest absolute Gasteiger partial charge is 0.383 e. The van der Waals surface area contributed by atoms with Crippen LogP contribution in [0.5, 0.6) is 0 Å². The van der Waals surface area contributed by atoms with E-state index < -0.39 is 0 Å². The number of halogens is 1. The molecule has 4 aromatic rings. The molecule has 0 aliphatic rings. The number of hydrogen-bond donors (Lipinski definition) is 1. The van der Waals surface area contributed by atoms with E-state index in [2.05, 4.69) is 41.0 Å². The van der Waals surface area contributed by atoms with Crippen LogP contribution in [0.3, 0.4) is 0 Å². The maximum absolute atomic E-state index is 13.6. The van der Waals surface area contributed by atoms with E-state index in [0.717, 1.165) is 52.5 Å². The van der Waals surface area contributed by atoms with E-state index in [0.29, 0.717) is 19.1 Å². The van der Waals surface area contributed by atoms with Gasteiger partial charge in [0.25, 0.3) is 0 Å². The fraction of sp³-hybridized carbons (Fsp3) is 0.269. The number of likely N-dealkylation sites (N-methyl/N-ethyl adjacent to an activating group) is 1. The molecule has 1 aromatic carbocycles. The standard InChI is InChI=1S/C26H29FN6O/c1-18(2)16-29-26-28-11-9-22(30-26)25-24(20-5-7-21(27)8-6-20)31-23-15-19(10-12-33(23)25)17-32(3)13-14-34-4/h5-12,15H,1,13-14,16-17H2,2-4H3,(H,28,29,30). The van der Waals surface area contributed by atoms with Crippen LogP contribution in [0.25, 0.3) is 28.3 Å². The zero-order chi connectivity index (χ0) is 24.1. The number of nitrogens with one attached hydrogen (secondary N) is 1. The molecule has 0 spiro atoms. The van der Waals surface area contributed by atoms with Crippen molar-refractivity contribution in [1.82, 2.24) is 24.3 Å². The molecule has 0 atom stereocenters. The Kier molecular flexibility index (Phi) is 7.30. The predicted octanol–water partition coefficient (Wildman–Crippen LogP) is 4.66. The summed E-state index contributed by atoms with van der Waals surface area (Å²) in [7, 11) is 3.76. The van der Waals surface area contributed by atoms with Crippen LogP contribution in [-0.2, 0) is 11.3 Å². The Bertz CT molecular complexity index is 1280. The van der Waals surface area contributed by atoms with Crippen LogP contribution in [0, 0.1) is 5.82 Å². The van der Waals surface area contributed by atoms with Crippen LogP contribution in [-0.4, -0.2) is 58.1 Å². The lowest BCUT2D eigenvalue weighted by molar-refractivity contribution is 0.158. The zero-order valence-corrected chi connectivity index (χ0v) is 19.8. The minimum absolute atomic E-state index is 0.288. The molecule has 3 aromatic heterocycles. The van der Waals surface area contributed by atoms with Gasteiger partial charge in [-0.1, -0.05) is 12.2 Å². The molecule has 0 bridgehead atoms. The van der Waals surface area contributed by atoms with Crippen LogP contribution >= 0.6 is 0 Å². The Balaban J connectivity index is 1.78. The molecule has 8 heteroatoms. The predicted molar refractivity (Wildman–Crippen MR) is 133 cm³/mol. The van der Waals surface area contributed by atoms with Gasteiger partial charge in [-0.25, -0.2) is 19.3 Å². The van der Waals surface area contributed by atoms with Crippen LogP contribution in [0.15, 0.2) is 67.0 Å². The van der Waals surface area contributed by atoms with Crippen molar-refractivity contribution < 1.29 is 9.13 Å². The van der Waals surface area contributed by atoms with Crippen LogP contribution in [0.4, 0.5) is 10.3 Å². The number of methoxy groups -OCH3 is 1. The first-order valence-electron chi connectivity index (χ1n) is 11.1. The Morgan fingerprint density at radius 2 is 1.97 bits per heavy atom. The van der Waals surface area contributed by atoms with E-state index in [1.807, 2.05) is 23.6 Å². The smallest absolute Gasteiger partial charge is 0.223 e. The van der Waals surface area contributed by atoms with Crippen LogP contribution in [0.2, 0.25) is 0 Å². The van der Waals surface area contributed by atoms with Crippen molar-refractivity contribution in [2.75, 3.05) is 39.2 Å². The number of hydrogen-bond acceptors (Lipinski definition) is 6. The van der Waals surface area contributed by atoms with Gasteiger partial charge in [-0.2, -0.15) is 0 Å². The molecule has 0 saturated heterocycles. The molecular weight excluding hydrogens is 431 g/mol. The normalized spacial score (nSPS) is 11.3. The summed E-state index contributed by atoms with van der Waals surface area (Å²) in [5, 5.41) is 3.19. The third-order valence-electron chi connectivity index (χ3n) is 5.38. The number of anilines is 1. The molecule has 0 saturated carbocycles. The fourth-order valence-electron chi connectivity index (χ4n) is 3.68. The molecule has 0 fully saturated rings. The van der Waals surface area contributed by atoms with Gasteiger partial charge in [0.05, 0.1) is 23.7 Å². The molecule has 0 aliphatic carbocycles. The molecule has 0 aliphatic heterocycles. The van der Waals surface area contributed by atoms with Gasteiger partial charge in [-0.3, -0.25) is 9.30 Å². The number of nitrogens with zero attached hydrogens (tertiary/aromatic N) is 5. The molecule has 176 valence electrons. The maximum Gasteiger partial charge on any atom is 0.223 e. The highest BCUT2D eigenvalue weighted by Crippen LogP contribution is 2.32. The van der Waals surface area contributed by atoms with Crippen molar-refractivity contribution in [2.45, 2.75) is 13.5 Å². The number of pyridine rings is 1. The Morgan fingerprint density at radius 1 is 1.18 bits per heavy atom. The summed E-state index contributed by atoms with van der Waals surface area (Å²) in [6.07, 6.45) is 3.73. The monoisotopic (exact) mass is 460 g/mol. The summed E-state index contributed by atoms with van der Waals surface area (Å²) in [4.78, 5) is 16.2. The maximum atomic E-state index is 13.6. The van der Waals surface area contributed by atoms with Crippen molar-refractivity contribution in [1.29, 1.82) is 0 Å². The first-order valence-corrected chi connectivity index (χ1v) is 11.1. The summed E-state index contributed by atoms with van der Waals surface area (Å²) < 4.78 is 20.8. The minimum Gasteiger partial charge on any atom is -0.383 e. The Morgan fingerprint density at radius 3 is 2.71 bits per heavy atom. The highest BCUT2D eigenvalue weighted by Gasteiger charge is 2.18. The minimum atomic E-state index is -0.288. The second-order valence-electron chi connectivity index (χ2n) is 8.39. The number of imidazole rings is 1. The number of rotatable bonds is 10.